The third kappa shape index (κ3) is 3.20. The van der Waals surface area contributed by atoms with E-state index in [0.29, 0.717) is 11.6 Å². The van der Waals surface area contributed by atoms with Crippen molar-refractivity contribution in [2.45, 2.75) is 26.4 Å². The predicted molar refractivity (Wildman–Crippen MR) is 61.0 cm³/mol. The van der Waals surface area contributed by atoms with Gasteiger partial charge >= 0.3 is 0 Å². The molecule has 0 amide bonds. The van der Waals surface area contributed by atoms with Gasteiger partial charge in [0.2, 0.25) is 0 Å². The third-order valence-electron chi connectivity index (χ3n) is 2.20. The van der Waals surface area contributed by atoms with E-state index >= 15 is 0 Å². The van der Waals surface area contributed by atoms with E-state index in [0.717, 1.165) is 17.7 Å². The fraction of sp³-hybridized carbons (Fsp3) is 0.455. The summed E-state index contributed by atoms with van der Waals surface area (Å²) >= 11 is 5.86. The molecule has 0 unspecified atom stereocenters. The van der Waals surface area contributed by atoms with E-state index < -0.39 is 0 Å². The van der Waals surface area contributed by atoms with Crippen LogP contribution in [-0.2, 0) is 0 Å². The second kappa shape index (κ2) is 5.23. The number of aryl methyl sites for hydroxylation is 1. The number of rotatable bonds is 4. The Balaban J connectivity index is 2.62. The fourth-order valence-electron chi connectivity index (χ4n) is 1.16. The van der Waals surface area contributed by atoms with Gasteiger partial charge in [0.1, 0.15) is 0 Å². The summed E-state index contributed by atoms with van der Waals surface area (Å²) in [5.74, 6) is 0. The molecule has 0 bridgehead atoms. The normalized spacial score (nSPS) is 12.6. The van der Waals surface area contributed by atoms with Crippen molar-refractivity contribution in [1.82, 2.24) is 0 Å². The summed E-state index contributed by atoms with van der Waals surface area (Å²) in [6, 6.07) is 5.70. The summed E-state index contributed by atoms with van der Waals surface area (Å²) in [5, 5.41) is 13.3. The number of hydrogen-bond donors (Lipinski definition) is 2. The van der Waals surface area contributed by atoms with Gasteiger partial charge in [-0.2, -0.15) is 0 Å². The highest BCUT2D eigenvalue weighted by Crippen LogP contribution is 2.19. The first-order valence-corrected chi connectivity index (χ1v) is 5.19. The Kier molecular flexibility index (Phi) is 4.23. The van der Waals surface area contributed by atoms with Crippen LogP contribution in [0.1, 0.15) is 18.9 Å². The number of hydrogen-bond acceptors (Lipinski definition) is 2. The van der Waals surface area contributed by atoms with Crippen molar-refractivity contribution in [3.63, 3.8) is 0 Å². The molecule has 1 rings (SSSR count). The largest absolute Gasteiger partial charge is 0.391 e. The molecule has 0 spiro atoms. The number of halogens is 1. The average molecular weight is 214 g/mol. The molecule has 2 nitrogen and oxygen atoms in total. The van der Waals surface area contributed by atoms with Gasteiger partial charge in [-0.3, -0.25) is 0 Å². The zero-order valence-corrected chi connectivity index (χ0v) is 9.30. The van der Waals surface area contributed by atoms with Crippen molar-refractivity contribution in [3.8, 4) is 0 Å². The van der Waals surface area contributed by atoms with Crippen LogP contribution in [0.15, 0.2) is 18.2 Å². The van der Waals surface area contributed by atoms with Gasteiger partial charge < -0.3 is 10.4 Å². The number of aliphatic hydroxyl groups is 1. The number of nitrogens with one attached hydrogen (secondary N) is 1. The minimum Gasteiger partial charge on any atom is -0.391 e. The van der Waals surface area contributed by atoms with Crippen LogP contribution in [0.3, 0.4) is 0 Å². The number of benzene rings is 1. The first-order chi connectivity index (χ1) is 6.63. The maximum absolute atomic E-state index is 9.38. The van der Waals surface area contributed by atoms with E-state index in [-0.39, 0.29) is 6.10 Å². The van der Waals surface area contributed by atoms with Gasteiger partial charge in [-0.1, -0.05) is 24.6 Å². The summed E-state index contributed by atoms with van der Waals surface area (Å²) in [5.41, 5.74) is 2.13. The molecule has 3 heteroatoms. The number of aliphatic hydroxyl groups excluding tert-OH is 1. The van der Waals surface area contributed by atoms with Crippen molar-refractivity contribution < 1.29 is 5.11 Å². The van der Waals surface area contributed by atoms with E-state index in [2.05, 4.69) is 5.32 Å². The lowest BCUT2D eigenvalue weighted by Gasteiger charge is -2.12. The van der Waals surface area contributed by atoms with Crippen molar-refractivity contribution >= 4 is 17.3 Å². The van der Waals surface area contributed by atoms with Crippen LogP contribution in [0.5, 0.6) is 0 Å². The SMILES string of the molecule is CC[C@H](O)CNc1cc(Cl)ccc1C. The molecule has 1 aromatic rings. The highest BCUT2D eigenvalue weighted by Gasteiger charge is 2.02. The molecule has 0 radical (unpaired) electrons. The zero-order valence-electron chi connectivity index (χ0n) is 8.55. The van der Waals surface area contributed by atoms with E-state index in [1.807, 2.05) is 32.0 Å². The average Bonchev–Trinajstić information content (AvgIpc) is 2.19. The predicted octanol–water partition coefficient (Wildman–Crippen LogP) is 2.83. The Morgan fingerprint density at radius 1 is 1.50 bits per heavy atom. The Morgan fingerprint density at radius 2 is 2.21 bits per heavy atom. The van der Waals surface area contributed by atoms with Crippen molar-refractivity contribution in [1.29, 1.82) is 0 Å². The summed E-state index contributed by atoms with van der Waals surface area (Å²) in [4.78, 5) is 0. The highest BCUT2D eigenvalue weighted by atomic mass is 35.5. The van der Waals surface area contributed by atoms with E-state index in [1.165, 1.54) is 0 Å². The van der Waals surface area contributed by atoms with Crippen LogP contribution in [0.4, 0.5) is 5.69 Å². The van der Waals surface area contributed by atoms with Gasteiger partial charge in [0, 0.05) is 17.3 Å². The van der Waals surface area contributed by atoms with Crippen molar-refractivity contribution in [2.24, 2.45) is 0 Å². The fourth-order valence-corrected chi connectivity index (χ4v) is 1.33. The molecular formula is C11H16ClNO. The van der Waals surface area contributed by atoms with E-state index in [9.17, 15) is 5.11 Å². The van der Waals surface area contributed by atoms with Crippen LogP contribution in [-0.4, -0.2) is 17.8 Å². The van der Waals surface area contributed by atoms with E-state index in [4.69, 9.17) is 11.6 Å². The summed E-state index contributed by atoms with van der Waals surface area (Å²) in [6.07, 6.45) is 0.459. The molecule has 0 saturated heterocycles. The first-order valence-electron chi connectivity index (χ1n) is 4.81. The molecule has 0 heterocycles. The standard InChI is InChI=1S/C11H16ClNO/c1-3-10(14)7-13-11-6-9(12)5-4-8(11)2/h4-6,10,13-14H,3,7H2,1-2H3/t10-/m0/s1. The van der Waals surface area contributed by atoms with E-state index in [1.54, 1.807) is 0 Å². The quantitative estimate of drug-likeness (QED) is 0.806. The van der Waals surface area contributed by atoms with Crippen molar-refractivity contribution in [2.75, 3.05) is 11.9 Å². The van der Waals surface area contributed by atoms with Gasteiger partial charge in [0.05, 0.1) is 6.10 Å². The third-order valence-corrected chi connectivity index (χ3v) is 2.43. The monoisotopic (exact) mass is 213 g/mol. The lowest BCUT2D eigenvalue weighted by atomic mass is 10.2. The summed E-state index contributed by atoms with van der Waals surface area (Å²) < 4.78 is 0. The van der Waals surface area contributed by atoms with Crippen molar-refractivity contribution in [3.05, 3.63) is 28.8 Å². The van der Waals surface area contributed by atoms with Crippen LogP contribution >= 0.6 is 11.6 Å². The minimum atomic E-state index is -0.298. The molecule has 0 aliphatic rings. The van der Waals surface area contributed by atoms with Crippen LogP contribution in [0.2, 0.25) is 5.02 Å². The molecule has 0 saturated carbocycles. The second-order valence-corrected chi connectivity index (χ2v) is 3.84. The van der Waals surface area contributed by atoms with Gasteiger partial charge in [-0.25, -0.2) is 0 Å². The molecule has 2 N–H and O–H groups in total. The molecular weight excluding hydrogens is 198 g/mol. The lowest BCUT2D eigenvalue weighted by Crippen LogP contribution is -2.18. The van der Waals surface area contributed by atoms with Crippen LogP contribution in [0.25, 0.3) is 0 Å². The molecule has 1 aromatic carbocycles. The second-order valence-electron chi connectivity index (χ2n) is 3.40. The smallest absolute Gasteiger partial charge is 0.0709 e. The molecule has 0 aromatic heterocycles. The maximum Gasteiger partial charge on any atom is 0.0709 e. The van der Waals surface area contributed by atoms with Gasteiger partial charge in [0.25, 0.3) is 0 Å². The highest BCUT2D eigenvalue weighted by molar-refractivity contribution is 6.30. The molecule has 0 fully saturated rings. The van der Waals surface area contributed by atoms with Gasteiger partial charge in [-0.15, -0.1) is 0 Å². The summed E-state index contributed by atoms with van der Waals surface area (Å²) in [6.45, 7) is 4.53. The zero-order chi connectivity index (χ0) is 10.6. The first kappa shape index (κ1) is 11.3. The molecule has 0 aliphatic carbocycles. The number of anilines is 1. The maximum atomic E-state index is 9.38. The molecule has 0 aliphatic heterocycles. The van der Waals surface area contributed by atoms with Gasteiger partial charge in [0.15, 0.2) is 0 Å². The Bertz CT molecular complexity index is 301. The van der Waals surface area contributed by atoms with Gasteiger partial charge in [-0.05, 0) is 31.0 Å². The lowest BCUT2D eigenvalue weighted by molar-refractivity contribution is 0.183. The van der Waals surface area contributed by atoms with Crippen LogP contribution < -0.4 is 5.32 Å². The Labute approximate surface area is 89.9 Å². The van der Waals surface area contributed by atoms with Crippen LogP contribution in [0, 0.1) is 6.92 Å². The Hall–Kier alpha value is -0.730. The minimum absolute atomic E-state index is 0.298. The Morgan fingerprint density at radius 3 is 2.86 bits per heavy atom. The summed E-state index contributed by atoms with van der Waals surface area (Å²) in [7, 11) is 0. The molecule has 1 atom stereocenters. The molecule has 78 valence electrons. The topological polar surface area (TPSA) is 32.3 Å². The molecule has 14 heavy (non-hydrogen) atoms.